The summed E-state index contributed by atoms with van der Waals surface area (Å²) in [6.45, 7) is 14.0. The molecule has 4 heterocycles. The molecule has 2 aliphatic heterocycles. The van der Waals surface area contributed by atoms with E-state index in [0.717, 1.165) is 58.1 Å². The Labute approximate surface area is 183 Å². The van der Waals surface area contributed by atoms with E-state index in [-0.39, 0.29) is 0 Å². The van der Waals surface area contributed by atoms with Crippen LogP contribution in [0.4, 0.5) is 11.5 Å². The topological polar surface area (TPSA) is 35.5 Å². The van der Waals surface area contributed by atoms with E-state index in [4.69, 9.17) is 9.97 Å². The van der Waals surface area contributed by atoms with Gasteiger partial charge in [-0.25, -0.2) is 9.97 Å². The van der Waals surface area contributed by atoms with Crippen molar-refractivity contribution < 1.29 is 0 Å². The van der Waals surface area contributed by atoms with E-state index < -0.39 is 0 Å². The number of likely N-dealkylation sites (N-methyl/N-ethyl adjacent to an activating group) is 1. The first-order valence-electron chi connectivity index (χ1n) is 11.2. The molecule has 0 amide bonds. The lowest BCUT2D eigenvalue weighted by Gasteiger charge is -2.37. The number of hydrogen-bond donors (Lipinski definition) is 0. The Hall–Kier alpha value is -2.18. The highest BCUT2D eigenvalue weighted by atomic mass is 32.1. The number of fused-ring (bicyclic) bond motifs is 3. The van der Waals surface area contributed by atoms with Gasteiger partial charge in [-0.1, -0.05) is 39.0 Å². The highest BCUT2D eigenvalue weighted by Gasteiger charge is 2.28. The second-order valence-electron chi connectivity index (χ2n) is 8.67. The number of rotatable bonds is 4. The number of hydrogen-bond acceptors (Lipinski definition) is 6. The third-order valence-corrected chi connectivity index (χ3v) is 7.55. The minimum atomic E-state index is 0.338. The molecule has 0 aliphatic carbocycles. The van der Waals surface area contributed by atoms with Crippen LogP contribution in [-0.2, 0) is 13.0 Å². The van der Waals surface area contributed by atoms with E-state index >= 15 is 0 Å². The smallest absolute Gasteiger partial charge is 0.141 e. The minimum Gasteiger partial charge on any atom is -0.368 e. The van der Waals surface area contributed by atoms with Crippen LogP contribution in [0.3, 0.4) is 0 Å². The van der Waals surface area contributed by atoms with E-state index in [1.807, 2.05) is 11.3 Å². The van der Waals surface area contributed by atoms with Gasteiger partial charge in [-0.05, 0) is 30.7 Å². The van der Waals surface area contributed by atoms with Crippen molar-refractivity contribution in [3.05, 3.63) is 46.6 Å². The third-order valence-electron chi connectivity index (χ3n) is 6.44. The fourth-order valence-corrected chi connectivity index (χ4v) is 5.88. The Bertz CT molecular complexity index is 1020. The fraction of sp³-hybridized carbons (Fsp3) is 0.500. The number of thiophene rings is 1. The number of anilines is 2. The van der Waals surface area contributed by atoms with E-state index in [9.17, 15) is 0 Å². The van der Waals surface area contributed by atoms with Crippen LogP contribution < -0.4 is 9.80 Å². The summed E-state index contributed by atoms with van der Waals surface area (Å²) < 4.78 is 0. The van der Waals surface area contributed by atoms with E-state index in [2.05, 4.69) is 65.8 Å². The van der Waals surface area contributed by atoms with Crippen LogP contribution in [0.15, 0.2) is 30.3 Å². The maximum absolute atomic E-state index is 5.13. The number of nitrogens with zero attached hydrogens (tertiary/aromatic N) is 5. The van der Waals surface area contributed by atoms with Crippen LogP contribution >= 0.6 is 11.3 Å². The lowest BCUT2D eigenvalue weighted by Crippen LogP contribution is -2.47. The predicted molar refractivity (Wildman–Crippen MR) is 127 cm³/mol. The maximum Gasteiger partial charge on any atom is 0.141 e. The first kappa shape index (κ1) is 19.8. The summed E-state index contributed by atoms with van der Waals surface area (Å²) in [4.78, 5) is 20.4. The number of aromatic nitrogens is 2. The molecule has 0 spiro atoms. The van der Waals surface area contributed by atoms with Gasteiger partial charge in [0.25, 0.3) is 0 Å². The summed E-state index contributed by atoms with van der Waals surface area (Å²) >= 11 is 1.90. The third kappa shape index (κ3) is 3.56. The summed E-state index contributed by atoms with van der Waals surface area (Å²) in [7, 11) is 0. The predicted octanol–water partition coefficient (Wildman–Crippen LogP) is 4.52. The number of piperazine rings is 1. The molecule has 1 aromatic carbocycles. The molecule has 0 atom stereocenters. The zero-order chi connectivity index (χ0) is 20.7. The molecule has 5 nitrogen and oxygen atoms in total. The second-order valence-corrected chi connectivity index (χ2v) is 9.76. The molecule has 0 N–H and O–H groups in total. The van der Waals surface area contributed by atoms with Gasteiger partial charge in [0.15, 0.2) is 0 Å². The molecule has 1 saturated heterocycles. The average molecular weight is 422 g/mol. The summed E-state index contributed by atoms with van der Waals surface area (Å²) in [5.41, 5.74) is 2.83. The van der Waals surface area contributed by atoms with Crippen molar-refractivity contribution in [2.75, 3.05) is 49.1 Å². The Kier molecular flexibility index (Phi) is 5.37. The first-order chi connectivity index (χ1) is 14.6. The molecule has 0 saturated carbocycles. The van der Waals surface area contributed by atoms with Gasteiger partial charge in [0.05, 0.1) is 5.39 Å². The molecule has 0 bridgehead atoms. The first-order valence-corrected chi connectivity index (χ1v) is 12.0. The lowest BCUT2D eigenvalue weighted by atomic mass is 10.0. The number of benzene rings is 1. The van der Waals surface area contributed by atoms with Crippen LogP contribution in [0.5, 0.6) is 0 Å². The Balaban J connectivity index is 1.49. The zero-order valence-electron chi connectivity index (χ0n) is 18.3. The molecule has 0 unspecified atom stereocenters. The Morgan fingerprint density at radius 3 is 2.40 bits per heavy atom. The Morgan fingerprint density at radius 2 is 1.70 bits per heavy atom. The van der Waals surface area contributed by atoms with Crippen LogP contribution in [0, 0.1) is 0 Å². The van der Waals surface area contributed by atoms with Crippen molar-refractivity contribution in [3.8, 4) is 0 Å². The zero-order valence-corrected chi connectivity index (χ0v) is 19.1. The van der Waals surface area contributed by atoms with Crippen molar-refractivity contribution in [3.63, 3.8) is 0 Å². The summed E-state index contributed by atoms with van der Waals surface area (Å²) in [6, 6.07) is 10.8. The van der Waals surface area contributed by atoms with Crippen LogP contribution in [0.25, 0.3) is 10.2 Å². The Morgan fingerprint density at radius 1 is 0.967 bits per heavy atom. The highest BCUT2D eigenvalue weighted by Crippen LogP contribution is 2.39. The van der Waals surface area contributed by atoms with E-state index in [1.165, 1.54) is 32.2 Å². The van der Waals surface area contributed by atoms with Gasteiger partial charge in [0.1, 0.15) is 16.5 Å². The number of para-hydroxylation sites is 1. The monoisotopic (exact) mass is 421 g/mol. The molecule has 2 aliphatic rings. The summed E-state index contributed by atoms with van der Waals surface area (Å²) in [5, 5.41) is 1.34. The summed E-state index contributed by atoms with van der Waals surface area (Å²) in [5.74, 6) is 2.50. The van der Waals surface area contributed by atoms with Crippen LogP contribution in [0.2, 0.25) is 0 Å². The fourth-order valence-electron chi connectivity index (χ4n) is 4.62. The van der Waals surface area contributed by atoms with Crippen molar-refractivity contribution in [1.82, 2.24) is 14.9 Å². The van der Waals surface area contributed by atoms with Gasteiger partial charge in [-0.2, -0.15) is 0 Å². The van der Waals surface area contributed by atoms with Gasteiger partial charge in [-0.3, -0.25) is 4.90 Å². The van der Waals surface area contributed by atoms with Crippen molar-refractivity contribution in [2.45, 2.75) is 39.7 Å². The quantitative estimate of drug-likeness (QED) is 0.619. The van der Waals surface area contributed by atoms with Gasteiger partial charge in [0, 0.05) is 55.8 Å². The van der Waals surface area contributed by atoms with Crippen LogP contribution in [0.1, 0.15) is 43.0 Å². The lowest BCUT2D eigenvalue weighted by molar-refractivity contribution is 0.272. The van der Waals surface area contributed by atoms with Gasteiger partial charge in [-0.15, -0.1) is 11.3 Å². The molecule has 158 valence electrons. The molecule has 6 heteroatoms. The van der Waals surface area contributed by atoms with E-state index in [1.54, 1.807) is 0 Å². The molecule has 0 radical (unpaired) electrons. The summed E-state index contributed by atoms with van der Waals surface area (Å²) in [6.07, 6.45) is 1.12. The van der Waals surface area contributed by atoms with E-state index in [0.29, 0.717) is 5.92 Å². The average Bonchev–Trinajstić information content (AvgIpc) is 3.16. The van der Waals surface area contributed by atoms with Gasteiger partial charge >= 0.3 is 0 Å². The molecule has 2 aromatic heterocycles. The molecular weight excluding hydrogens is 390 g/mol. The van der Waals surface area contributed by atoms with Gasteiger partial charge < -0.3 is 9.80 Å². The largest absolute Gasteiger partial charge is 0.368 e. The second kappa shape index (κ2) is 8.16. The maximum atomic E-state index is 5.13. The molecule has 30 heavy (non-hydrogen) atoms. The standard InChI is InChI=1S/C24H31N5S/c1-4-27-11-10-19-20(16-27)30-24-21(19)23(25-22(26-24)17(2)3)29-14-12-28(13-15-29)18-8-6-5-7-9-18/h5-9,17H,4,10-16H2,1-3H3. The van der Waals surface area contributed by atoms with Crippen molar-refractivity contribution in [1.29, 1.82) is 0 Å². The van der Waals surface area contributed by atoms with Crippen molar-refractivity contribution in [2.24, 2.45) is 0 Å². The molecule has 3 aromatic rings. The van der Waals surface area contributed by atoms with Crippen molar-refractivity contribution >= 4 is 33.1 Å². The van der Waals surface area contributed by atoms with Crippen LogP contribution in [-0.4, -0.2) is 54.1 Å². The SMILES string of the molecule is CCN1CCc2c(sc3nc(C(C)C)nc(N4CCN(c5ccccc5)CC4)c23)C1. The molecule has 5 rings (SSSR count). The normalized spacial score (nSPS) is 17.7. The van der Waals surface area contributed by atoms with Gasteiger partial charge in [0.2, 0.25) is 0 Å². The minimum absolute atomic E-state index is 0.338. The molecule has 1 fully saturated rings. The highest BCUT2D eigenvalue weighted by molar-refractivity contribution is 7.19. The molecular formula is C24H31N5S.